The molecular weight excluding hydrogens is 433 g/mol. The zero-order valence-corrected chi connectivity index (χ0v) is 18.6. The van der Waals surface area contributed by atoms with Crippen LogP contribution >= 0.6 is 0 Å². The Labute approximate surface area is 187 Å². The number of urea groups is 1. The van der Waals surface area contributed by atoms with Crippen molar-refractivity contribution in [1.82, 2.24) is 14.5 Å². The number of carbonyl (C=O) groups is 1. The summed E-state index contributed by atoms with van der Waals surface area (Å²) in [6, 6.07) is 8.75. The number of carbonyl (C=O) groups excluding carboxylic acids is 1. The summed E-state index contributed by atoms with van der Waals surface area (Å²) in [7, 11) is -3.85. The molecule has 2 N–H and O–H groups in total. The molecule has 2 bridgehead atoms. The number of rotatable bonds is 3. The Kier molecular flexibility index (Phi) is 5.59. The maximum atomic E-state index is 14.2. The summed E-state index contributed by atoms with van der Waals surface area (Å²) in [5, 5.41) is 13.7. The topological polar surface area (TPSA) is 90.0 Å². The highest BCUT2D eigenvalue weighted by Gasteiger charge is 2.43. The van der Waals surface area contributed by atoms with Gasteiger partial charge in [0.1, 0.15) is 5.82 Å². The van der Waals surface area contributed by atoms with Crippen molar-refractivity contribution in [2.45, 2.75) is 67.6 Å². The number of amides is 2. The van der Waals surface area contributed by atoms with E-state index in [1.807, 2.05) is 4.90 Å². The lowest BCUT2D eigenvalue weighted by atomic mass is 10.0. The number of aliphatic hydroxyl groups excluding tert-OH is 1. The van der Waals surface area contributed by atoms with Crippen LogP contribution in [0.4, 0.5) is 9.18 Å². The lowest BCUT2D eigenvalue weighted by molar-refractivity contribution is 0.0528. The lowest BCUT2D eigenvalue weighted by Gasteiger charge is -2.39. The van der Waals surface area contributed by atoms with Gasteiger partial charge in [-0.1, -0.05) is 24.3 Å². The van der Waals surface area contributed by atoms with Gasteiger partial charge in [-0.25, -0.2) is 17.6 Å². The second-order valence-electron chi connectivity index (χ2n) is 9.16. The van der Waals surface area contributed by atoms with Gasteiger partial charge in [0.2, 0.25) is 10.0 Å². The molecule has 5 rings (SSSR count). The van der Waals surface area contributed by atoms with Crippen LogP contribution in [0, 0.1) is 5.82 Å². The number of nitrogens with zero attached hydrogens (tertiary/aromatic N) is 2. The standard InChI is InChI=1S/C23H28FN3O4S/c24-21-9-10-22(20-6-2-1-5-19(20)21)32(30,31)26-11-3-4-15(14-26)25-23(29)27-16-7-8-17(27)13-18(28)12-16/h1-2,5-6,9-10,15-18,28H,3-4,7-8,11-14H2,(H,25,29). The van der Waals surface area contributed by atoms with E-state index in [0.717, 1.165) is 12.8 Å². The summed E-state index contributed by atoms with van der Waals surface area (Å²) in [6.45, 7) is 0.549. The van der Waals surface area contributed by atoms with Crippen LogP contribution in [0.1, 0.15) is 38.5 Å². The molecule has 3 atom stereocenters. The molecule has 2 aromatic rings. The first-order valence-corrected chi connectivity index (χ1v) is 12.7. The van der Waals surface area contributed by atoms with E-state index in [1.54, 1.807) is 24.3 Å². The Bertz CT molecular complexity index is 1130. The van der Waals surface area contributed by atoms with Gasteiger partial charge in [-0.05, 0) is 50.7 Å². The predicted octanol–water partition coefficient (Wildman–Crippen LogP) is 2.83. The van der Waals surface area contributed by atoms with E-state index in [4.69, 9.17) is 0 Å². The number of fused-ring (bicyclic) bond motifs is 3. The minimum Gasteiger partial charge on any atom is -0.393 e. The van der Waals surface area contributed by atoms with Crippen molar-refractivity contribution in [3.8, 4) is 0 Å². The molecule has 3 heterocycles. The first-order chi connectivity index (χ1) is 15.3. The summed E-state index contributed by atoms with van der Waals surface area (Å²) >= 11 is 0. The monoisotopic (exact) mass is 461 g/mol. The lowest BCUT2D eigenvalue weighted by Crippen LogP contribution is -2.57. The molecular formula is C23H28FN3O4S. The minimum absolute atomic E-state index is 0.0535. The molecule has 3 aliphatic heterocycles. The molecule has 0 saturated carbocycles. The summed E-state index contributed by atoms with van der Waals surface area (Å²) < 4.78 is 42.5. The molecule has 3 aliphatic rings. The van der Waals surface area contributed by atoms with E-state index in [0.29, 0.717) is 37.6 Å². The van der Waals surface area contributed by atoms with Crippen LogP contribution in [0.5, 0.6) is 0 Å². The number of piperidine rings is 2. The summed E-state index contributed by atoms with van der Waals surface area (Å²) in [4.78, 5) is 14.9. The molecule has 3 fully saturated rings. The number of hydrogen-bond acceptors (Lipinski definition) is 4. The van der Waals surface area contributed by atoms with Gasteiger partial charge in [0.25, 0.3) is 0 Å². The molecule has 9 heteroatoms. The van der Waals surface area contributed by atoms with E-state index in [1.165, 1.54) is 16.4 Å². The molecule has 7 nitrogen and oxygen atoms in total. The Balaban J connectivity index is 1.33. The van der Waals surface area contributed by atoms with E-state index >= 15 is 0 Å². The average Bonchev–Trinajstić information content (AvgIpc) is 3.05. The van der Waals surface area contributed by atoms with E-state index in [2.05, 4.69) is 5.32 Å². The van der Waals surface area contributed by atoms with Crippen LogP contribution in [0.25, 0.3) is 10.8 Å². The highest BCUT2D eigenvalue weighted by atomic mass is 32.2. The summed E-state index contributed by atoms with van der Waals surface area (Å²) in [5.41, 5.74) is 0. The molecule has 0 aliphatic carbocycles. The Morgan fingerprint density at radius 1 is 1.03 bits per heavy atom. The van der Waals surface area contributed by atoms with Crippen molar-refractivity contribution in [3.05, 3.63) is 42.2 Å². The van der Waals surface area contributed by atoms with Gasteiger partial charge in [0.15, 0.2) is 0 Å². The molecule has 0 spiro atoms. The van der Waals surface area contributed by atoms with Crippen molar-refractivity contribution in [2.24, 2.45) is 0 Å². The van der Waals surface area contributed by atoms with Crippen molar-refractivity contribution in [3.63, 3.8) is 0 Å². The van der Waals surface area contributed by atoms with Crippen molar-refractivity contribution >= 4 is 26.8 Å². The van der Waals surface area contributed by atoms with Crippen LogP contribution < -0.4 is 5.32 Å². The van der Waals surface area contributed by atoms with Gasteiger partial charge in [-0.2, -0.15) is 4.31 Å². The third-order valence-corrected chi connectivity index (χ3v) is 9.03. The predicted molar refractivity (Wildman–Crippen MR) is 118 cm³/mol. The van der Waals surface area contributed by atoms with Gasteiger partial charge in [0.05, 0.1) is 11.0 Å². The minimum atomic E-state index is -3.85. The van der Waals surface area contributed by atoms with Crippen molar-refractivity contribution < 1.29 is 22.7 Å². The summed E-state index contributed by atoms with van der Waals surface area (Å²) in [5.74, 6) is -0.454. The van der Waals surface area contributed by atoms with Crippen LogP contribution in [-0.4, -0.2) is 66.1 Å². The zero-order valence-electron chi connectivity index (χ0n) is 17.8. The van der Waals surface area contributed by atoms with Crippen molar-refractivity contribution in [2.75, 3.05) is 13.1 Å². The van der Waals surface area contributed by atoms with Crippen molar-refractivity contribution in [1.29, 1.82) is 0 Å². The summed E-state index contributed by atoms with van der Waals surface area (Å²) in [6.07, 6.45) is 4.00. The maximum Gasteiger partial charge on any atom is 0.318 e. The number of sulfonamides is 1. The fourth-order valence-electron chi connectivity index (χ4n) is 5.61. The van der Waals surface area contributed by atoms with Gasteiger partial charge < -0.3 is 15.3 Å². The zero-order chi connectivity index (χ0) is 22.5. The molecule has 2 amide bonds. The normalized spacial score (nSPS) is 28.8. The first kappa shape index (κ1) is 21.6. The Hall–Kier alpha value is -2.23. The van der Waals surface area contributed by atoms with Crippen LogP contribution in [-0.2, 0) is 10.0 Å². The fraction of sp³-hybridized carbons (Fsp3) is 0.522. The fourth-order valence-corrected chi connectivity index (χ4v) is 7.33. The van der Waals surface area contributed by atoms with Crippen LogP contribution in [0.2, 0.25) is 0 Å². The number of nitrogens with one attached hydrogen (secondary N) is 1. The molecule has 172 valence electrons. The van der Waals surface area contributed by atoms with E-state index in [9.17, 15) is 22.7 Å². The molecule has 3 saturated heterocycles. The first-order valence-electron chi connectivity index (χ1n) is 11.3. The second kappa shape index (κ2) is 8.28. The average molecular weight is 462 g/mol. The molecule has 32 heavy (non-hydrogen) atoms. The number of benzene rings is 2. The smallest absolute Gasteiger partial charge is 0.318 e. The molecule has 3 unspecified atom stereocenters. The third kappa shape index (κ3) is 3.76. The molecule has 0 aromatic heterocycles. The quantitative estimate of drug-likeness (QED) is 0.736. The molecule has 0 radical (unpaired) electrons. The highest BCUT2D eigenvalue weighted by molar-refractivity contribution is 7.89. The third-order valence-electron chi connectivity index (χ3n) is 7.10. The second-order valence-corrected chi connectivity index (χ2v) is 11.1. The van der Waals surface area contributed by atoms with Crippen LogP contribution in [0.15, 0.2) is 41.3 Å². The largest absolute Gasteiger partial charge is 0.393 e. The van der Waals surface area contributed by atoms with E-state index < -0.39 is 15.8 Å². The Morgan fingerprint density at radius 3 is 2.44 bits per heavy atom. The van der Waals surface area contributed by atoms with Gasteiger partial charge in [0, 0.05) is 42.0 Å². The molecule has 2 aromatic carbocycles. The SMILES string of the molecule is O=C(NC1CCCN(S(=O)(=O)c2ccc(F)c3ccccc23)C1)N1C2CCC1CC(O)C2. The van der Waals surface area contributed by atoms with Crippen LogP contribution in [0.3, 0.4) is 0 Å². The van der Waals surface area contributed by atoms with Gasteiger partial charge >= 0.3 is 6.03 Å². The number of aliphatic hydroxyl groups is 1. The highest BCUT2D eigenvalue weighted by Crippen LogP contribution is 2.36. The van der Waals surface area contributed by atoms with E-state index in [-0.39, 0.29) is 47.1 Å². The number of hydrogen-bond donors (Lipinski definition) is 2. The number of halogens is 1. The van der Waals surface area contributed by atoms with Gasteiger partial charge in [-0.15, -0.1) is 0 Å². The Morgan fingerprint density at radius 2 is 1.72 bits per heavy atom. The van der Waals surface area contributed by atoms with Gasteiger partial charge in [-0.3, -0.25) is 0 Å². The maximum absolute atomic E-state index is 14.2.